The second-order valence-electron chi connectivity index (χ2n) is 3.81. The van der Waals surface area contributed by atoms with E-state index in [0.717, 1.165) is 19.3 Å². The van der Waals surface area contributed by atoms with E-state index >= 15 is 0 Å². The molecule has 0 aromatic heterocycles. The van der Waals surface area contributed by atoms with Gasteiger partial charge in [-0.05, 0) is 19.3 Å². The van der Waals surface area contributed by atoms with Gasteiger partial charge in [-0.15, -0.1) is 0 Å². The zero-order valence-electron chi connectivity index (χ0n) is 7.94. The van der Waals surface area contributed by atoms with Crippen LogP contribution < -0.4 is 5.73 Å². The number of imide groups is 1. The van der Waals surface area contributed by atoms with Crippen LogP contribution in [0.4, 0.5) is 0 Å². The van der Waals surface area contributed by atoms with Gasteiger partial charge in [0.2, 0.25) is 0 Å². The largest absolute Gasteiger partial charge is 0.362 e. The van der Waals surface area contributed by atoms with Crippen LogP contribution >= 0.6 is 0 Å². The lowest BCUT2D eigenvalue weighted by molar-refractivity contribution is -0.161. The Morgan fingerprint density at radius 2 is 1.86 bits per heavy atom. The quantitative estimate of drug-likeness (QED) is 0.563. The van der Waals surface area contributed by atoms with Gasteiger partial charge in [0, 0.05) is 6.04 Å². The Bertz CT molecular complexity index is 251. The molecule has 1 saturated heterocycles. The maximum Gasteiger partial charge on any atom is 0.255 e. The molecule has 2 fully saturated rings. The molecule has 2 aliphatic rings. The Kier molecular flexibility index (Phi) is 2.52. The minimum atomic E-state index is -0.247. The molecule has 2 unspecified atom stereocenters. The molecular weight excluding hydrogens is 184 g/mol. The molecule has 1 saturated carbocycles. The van der Waals surface area contributed by atoms with E-state index in [2.05, 4.69) is 0 Å². The van der Waals surface area contributed by atoms with Gasteiger partial charge in [0.05, 0.1) is 6.04 Å². The molecule has 0 radical (unpaired) electrons. The van der Waals surface area contributed by atoms with Crippen molar-refractivity contribution in [2.45, 2.75) is 31.3 Å². The number of ether oxygens (including phenoxy) is 1. The second-order valence-corrected chi connectivity index (χ2v) is 3.81. The summed E-state index contributed by atoms with van der Waals surface area (Å²) in [5.74, 6) is -0.493. The van der Waals surface area contributed by atoms with Crippen LogP contribution in [-0.4, -0.2) is 42.0 Å². The van der Waals surface area contributed by atoms with E-state index in [-0.39, 0.29) is 37.1 Å². The highest BCUT2D eigenvalue weighted by atomic mass is 16.5. The fourth-order valence-corrected chi connectivity index (χ4v) is 2.16. The van der Waals surface area contributed by atoms with Gasteiger partial charge in [0.25, 0.3) is 11.8 Å². The molecule has 2 rings (SSSR count). The summed E-state index contributed by atoms with van der Waals surface area (Å²) in [5, 5.41) is 0. The van der Waals surface area contributed by atoms with E-state index in [1.807, 2.05) is 0 Å². The summed E-state index contributed by atoms with van der Waals surface area (Å²) in [6.45, 7) is 0.0178. The summed E-state index contributed by atoms with van der Waals surface area (Å²) < 4.78 is 4.84. The highest BCUT2D eigenvalue weighted by Gasteiger charge is 2.38. The van der Waals surface area contributed by atoms with Gasteiger partial charge in [0.15, 0.2) is 0 Å². The summed E-state index contributed by atoms with van der Waals surface area (Å²) in [4.78, 5) is 24.2. The van der Waals surface area contributed by atoms with Crippen LogP contribution in [-0.2, 0) is 14.3 Å². The lowest BCUT2D eigenvalue weighted by Crippen LogP contribution is -2.55. The third kappa shape index (κ3) is 1.53. The number of carbonyl (C=O) groups excluding carboxylic acids is 2. The fourth-order valence-electron chi connectivity index (χ4n) is 2.16. The lowest BCUT2D eigenvalue weighted by atomic mass is 10.1. The van der Waals surface area contributed by atoms with Crippen molar-refractivity contribution in [1.29, 1.82) is 0 Å². The molecule has 5 heteroatoms. The maximum absolute atomic E-state index is 11.5. The number of rotatable bonds is 1. The highest BCUT2D eigenvalue weighted by Crippen LogP contribution is 2.24. The van der Waals surface area contributed by atoms with E-state index in [4.69, 9.17) is 10.5 Å². The smallest absolute Gasteiger partial charge is 0.255 e. The van der Waals surface area contributed by atoms with Crippen molar-refractivity contribution in [2.24, 2.45) is 5.73 Å². The number of hydrogen-bond acceptors (Lipinski definition) is 4. The standard InChI is InChI=1S/C9H14N2O3/c10-6-2-1-3-7(6)11-8(12)4-14-5-9(11)13/h6-7H,1-5,10H2. The van der Waals surface area contributed by atoms with Gasteiger partial charge in [-0.3, -0.25) is 14.5 Å². The van der Waals surface area contributed by atoms with Crippen molar-refractivity contribution in [3.63, 3.8) is 0 Å². The average Bonchev–Trinajstić information content (AvgIpc) is 2.52. The molecule has 1 aliphatic heterocycles. The Balaban J connectivity index is 2.13. The summed E-state index contributed by atoms with van der Waals surface area (Å²) >= 11 is 0. The molecule has 1 aliphatic carbocycles. The first-order chi connectivity index (χ1) is 6.70. The third-order valence-electron chi connectivity index (χ3n) is 2.85. The van der Waals surface area contributed by atoms with Gasteiger partial charge in [0.1, 0.15) is 13.2 Å². The summed E-state index contributed by atoms with van der Waals surface area (Å²) in [6.07, 6.45) is 2.71. The van der Waals surface area contributed by atoms with Crippen molar-refractivity contribution in [3.05, 3.63) is 0 Å². The highest BCUT2D eigenvalue weighted by molar-refractivity contribution is 5.98. The van der Waals surface area contributed by atoms with E-state index < -0.39 is 0 Å². The van der Waals surface area contributed by atoms with Gasteiger partial charge < -0.3 is 10.5 Å². The first-order valence-corrected chi connectivity index (χ1v) is 4.88. The minimum Gasteiger partial charge on any atom is -0.362 e. The van der Waals surface area contributed by atoms with Crippen LogP contribution in [0.5, 0.6) is 0 Å². The van der Waals surface area contributed by atoms with Crippen LogP contribution in [0, 0.1) is 0 Å². The van der Waals surface area contributed by atoms with E-state index in [0.29, 0.717) is 0 Å². The van der Waals surface area contributed by atoms with Gasteiger partial charge in [-0.25, -0.2) is 0 Å². The van der Waals surface area contributed by atoms with Crippen LogP contribution in [0.15, 0.2) is 0 Å². The molecule has 1 heterocycles. The molecule has 5 nitrogen and oxygen atoms in total. The number of hydrogen-bond donors (Lipinski definition) is 1. The molecule has 2 N–H and O–H groups in total. The molecular formula is C9H14N2O3. The molecule has 0 spiro atoms. The SMILES string of the molecule is NC1CCCC1N1C(=O)COCC1=O. The third-order valence-corrected chi connectivity index (χ3v) is 2.85. The predicted molar refractivity (Wildman–Crippen MR) is 48.3 cm³/mol. The normalized spacial score (nSPS) is 33.9. The Labute approximate surface area is 82.2 Å². The van der Waals surface area contributed by atoms with Gasteiger partial charge >= 0.3 is 0 Å². The number of nitrogens with zero attached hydrogens (tertiary/aromatic N) is 1. The van der Waals surface area contributed by atoms with Gasteiger partial charge in [-0.2, -0.15) is 0 Å². The average molecular weight is 198 g/mol. The maximum atomic E-state index is 11.5. The van der Waals surface area contributed by atoms with Crippen molar-refractivity contribution >= 4 is 11.8 Å². The topological polar surface area (TPSA) is 72.6 Å². The molecule has 0 bridgehead atoms. The van der Waals surface area contributed by atoms with E-state index in [9.17, 15) is 9.59 Å². The summed E-state index contributed by atoms with van der Waals surface area (Å²) in [5.41, 5.74) is 5.85. The second kappa shape index (κ2) is 3.67. The number of nitrogens with two attached hydrogens (primary N) is 1. The number of carbonyl (C=O) groups is 2. The number of morpholine rings is 1. The van der Waals surface area contributed by atoms with E-state index in [1.165, 1.54) is 4.90 Å². The monoisotopic (exact) mass is 198 g/mol. The Hall–Kier alpha value is -0.940. The van der Waals surface area contributed by atoms with Crippen LogP contribution in [0.1, 0.15) is 19.3 Å². The van der Waals surface area contributed by atoms with Crippen LogP contribution in [0.2, 0.25) is 0 Å². The predicted octanol–water partition coefficient (Wildman–Crippen LogP) is -0.748. The molecule has 2 atom stereocenters. The first kappa shape index (κ1) is 9.61. The molecule has 2 amide bonds. The number of amides is 2. The molecule has 0 aromatic rings. The van der Waals surface area contributed by atoms with E-state index in [1.54, 1.807) is 0 Å². The molecule has 0 aromatic carbocycles. The minimum absolute atomic E-state index is 0.00889. The van der Waals surface area contributed by atoms with Gasteiger partial charge in [-0.1, -0.05) is 0 Å². The fraction of sp³-hybridized carbons (Fsp3) is 0.778. The zero-order chi connectivity index (χ0) is 10.1. The van der Waals surface area contributed by atoms with Crippen LogP contribution in [0.25, 0.3) is 0 Å². The Morgan fingerprint density at radius 3 is 2.36 bits per heavy atom. The zero-order valence-corrected chi connectivity index (χ0v) is 7.94. The van der Waals surface area contributed by atoms with Crippen molar-refractivity contribution < 1.29 is 14.3 Å². The molecule has 14 heavy (non-hydrogen) atoms. The van der Waals surface area contributed by atoms with Crippen LogP contribution in [0.3, 0.4) is 0 Å². The lowest BCUT2D eigenvalue weighted by Gasteiger charge is -2.32. The summed E-state index contributed by atoms with van der Waals surface area (Å²) in [7, 11) is 0. The summed E-state index contributed by atoms with van der Waals surface area (Å²) in [6, 6.07) is -0.153. The van der Waals surface area contributed by atoms with Crippen molar-refractivity contribution in [1.82, 2.24) is 4.90 Å². The first-order valence-electron chi connectivity index (χ1n) is 4.88. The Morgan fingerprint density at radius 1 is 1.21 bits per heavy atom. The van der Waals surface area contributed by atoms with Crippen molar-refractivity contribution in [2.75, 3.05) is 13.2 Å². The van der Waals surface area contributed by atoms with Crippen molar-refractivity contribution in [3.8, 4) is 0 Å². The molecule has 78 valence electrons.